The van der Waals surface area contributed by atoms with Crippen molar-refractivity contribution in [2.24, 2.45) is 10.8 Å². The summed E-state index contributed by atoms with van der Waals surface area (Å²) in [5, 5.41) is 4.78. The van der Waals surface area contributed by atoms with E-state index in [0.717, 1.165) is 17.0 Å². The largest absolute Gasteiger partial charge is 0.383 e. The van der Waals surface area contributed by atoms with Crippen LogP contribution in [0.2, 0.25) is 0 Å². The van der Waals surface area contributed by atoms with Crippen LogP contribution in [0.5, 0.6) is 0 Å². The first kappa shape index (κ1) is 13.7. The summed E-state index contributed by atoms with van der Waals surface area (Å²) in [4.78, 5) is 17.7. The highest BCUT2D eigenvalue weighted by atomic mass is 32.1. The fraction of sp³-hybridized carbons (Fsp3) is 0.556. The van der Waals surface area contributed by atoms with Gasteiger partial charge in [0.2, 0.25) is 5.96 Å². The Morgan fingerprint density at radius 3 is 3.06 bits per heavy atom. The molecule has 1 heterocycles. The molecule has 1 unspecified atom stereocenters. The number of hydrazine groups is 1. The molecule has 1 atom stereocenters. The number of thiazole rings is 1. The number of ether oxygens (including phenoxy) is 1. The lowest BCUT2D eigenvalue weighted by molar-refractivity contribution is 0.179. The van der Waals surface area contributed by atoms with Gasteiger partial charge in [-0.1, -0.05) is 11.3 Å². The van der Waals surface area contributed by atoms with E-state index in [0.29, 0.717) is 19.1 Å². The fourth-order valence-corrected chi connectivity index (χ4v) is 1.79. The zero-order chi connectivity index (χ0) is 12.7. The van der Waals surface area contributed by atoms with Crippen molar-refractivity contribution in [3.8, 4) is 0 Å². The third kappa shape index (κ3) is 4.98. The van der Waals surface area contributed by atoms with E-state index in [9.17, 15) is 4.79 Å². The summed E-state index contributed by atoms with van der Waals surface area (Å²) in [6, 6.07) is 0.0938. The zero-order valence-corrected chi connectivity index (χ0v) is 10.6. The number of nitrogens with two attached hydrogens (primary N) is 1. The molecule has 0 spiro atoms. The molecule has 0 radical (unpaired) electrons. The molecule has 0 saturated heterocycles. The number of guanidine groups is 1. The fourth-order valence-electron chi connectivity index (χ4n) is 1.21. The Balaban J connectivity index is 2.52. The molecule has 0 aliphatic carbocycles. The van der Waals surface area contributed by atoms with Crippen LogP contribution in [0.15, 0.2) is 15.2 Å². The highest BCUT2D eigenvalue weighted by molar-refractivity contribution is 7.07. The smallest absolute Gasteiger partial charge is 0.304 e. The van der Waals surface area contributed by atoms with E-state index in [-0.39, 0.29) is 10.9 Å². The molecule has 96 valence electrons. The Labute approximate surface area is 103 Å². The third-order valence-electron chi connectivity index (χ3n) is 1.91. The van der Waals surface area contributed by atoms with Crippen LogP contribution in [0, 0.1) is 0 Å². The molecule has 0 aromatic carbocycles. The minimum absolute atomic E-state index is 0.0850. The minimum atomic E-state index is -0.0850. The van der Waals surface area contributed by atoms with Gasteiger partial charge in [-0.25, -0.2) is 10.8 Å². The number of nitrogens with zero attached hydrogens (tertiary/aromatic N) is 1. The molecule has 0 saturated carbocycles. The predicted octanol–water partition coefficient (Wildman–Crippen LogP) is -0.620. The lowest BCUT2D eigenvalue weighted by Gasteiger charge is -2.15. The Bertz CT molecular complexity index is 414. The number of nitrogens with one attached hydrogen (secondary N) is 3. The molecule has 1 rings (SSSR count). The predicted molar refractivity (Wildman–Crippen MR) is 67.9 cm³/mol. The Hall–Kier alpha value is -1.38. The van der Waals surface area contributed by atoms with Gasteiger partial charge >= 0.3 is 4.87 Å². The number of aliphatic imine (C=N–C) groups is 1. The molecule has 7 nitrogen and oxygen atoms in total. The quantitative estimate of drug-likeness (QED) is 0.244. The number of rotatable bonds is 5. The molecular formula is C9H17N5O2S. The average Bonchev–Trinajstić information content (AvgIpc) is 2.70. The van der Waals surface area contributed by atoms with Crippen LogP contribution in [0.1, 0.15) is 12.6 Å². The molecule has 0 aliphatic heterocycles. The molecular weight excluding hydrogens is 242 g/mol. The van der Waals surface area contributed by atoms with E-state index in [1.54, 1.807) is 12.5 Å². The normalized spacial score (nSPS) is 13.5. The molecule has 0 aliphatic rings. The first-order valence-corrected chi connectivity index (χ1v) is 5.97. The number of aromatic nitrogens is 1. The number of H-pyrrole nitrogens is 1. The topological polar surface area (TPSA) is 105 Å². The van der Waals surface area contributed by atoms with Crippen LogP contribution in [0.25, 0.3) is 0 Å². The van der Waals surface area contributed by atoms with E-state index in [2.05, 4.69) is 20.7 Å². The number of methoxy groups -OCH3 is 1. The minimum Gasteiger partial charge on any atom is -0.383 e. The third-order valence-corrected chi connectivity index (χ3v) is 2.63. The molecule has 8 heteroatoms. The van der Waals surface area contributed by atoms with Crippen LogP contribution < -0.4 is 21.5 Å². The maximum atomic E-state index is 10.9. The van der Waals surface area contributed by atoms with Crippen molar-refractivity contribution in [2.75, 3.05) is 13.7 Å². The second-order valence-corrected chi connectivity index (χ2v) is 4.33. The van der Waals surface area contributed by atoms with Crippen molar-refractivity contribution in [3.63, 3.8) is 0 Å². The van der Waals surface area contributed by atoms with Crippen LogP contribution in [0.3, 0.4) is 0 Å². The molecule has 1 aromatic rings. The number of hydrogen-bond acceptors (Lipinski definition) is 5. The van der Waals surface area contributed by atoms with Gasteiger partial charge in [-0.05, 0) is 6.92 Å². The monoisotopic (exact) mass is 259 g/mol. The summed E-state index contributed by atoms with van der Waals surface area (Å²) < 4.78 is 4.98. The van der Waals surface area contributed by atoms with Gasteiger partial charge in [0.05, 0.1) is 18.8 Å². The maximum Gasteiger partial charge on any atom is 0.304 e. The summed E-state index contributed by atoms with van der Waals surface area (Å²) in [5.41, 5.74) is 3.22. The van der Waals surface area contributed by atoms with Crippen LogP contribution in [-0.2, 0) is 11.3 Å². The van der Waals surface area contributed by atoms with Gasteiger partial charge in [0.15, 0.2) is 0 Å². The zero-order valence-electron chi connectivity index (χ0n) is 9.82. The summed E-state index contributed by atoms with van der Waals surface area (Å²) >= 11 is 1.11. The van der Waals surface area contributed by atoms with Crippen molar-refractivity contribution in [1.29, 1.82) is 0 Å². The lowest BCUT2D eigenvalue weighted by Crippen LogP contribution is -2.46. The first-order valence-electron chi connectivity index (χ1n) is 5.09. The van der Waals surface area contributed by atoms with Crippen LogP contribution in [0.4, 0.5) is 0 Å². The van der Waals surface area contributed by atoms with E-state index < -0.39 is 0 Å². The van der Waals surface area contributed by atoms with Crippen molar-refractivity contribution in [1.82, 2.24) is 15.7 Å². The van der Waals surface area contributed by atoms with E-state index in [1.165, 1.54) is 0 Å². The van der Waals surface area contributed by atoms with Gasteiger partial charge in [0.1, 0.15) is 0 Å². The van der Waals surface area contributed by atoms with Crippen molar-refractivity contribution in [3.05, 3.63) is 20.7 Å². The lowest BCUT2D eigenvalue weighted by atomic mass is 10.4. The molecule has 0 amide bonds. The highest BCUT2D eigenvalue weighted by Crippen LogP contribution is 1.97. The number of hydrogen-bond donors (Lipinski definition) is 4. The molecule has 0 fully saturated rings. The first-order chi connectivity index (χ1) is 8.15. The van der Waals surface area contributed by atoms with Gasteiger partial charge in [-0.15, -0.1) is 0 Å². The van der Waals surface area contributed by atoms with Crippen molar-refractivity contribution in [2.45, 2.75) is 19.5 Å². The van der Waals surface area contributed by atoms with E-state index in [1.807, 2.05) is 6.92 Å². The van der Waals surface area contributed by atoms with Gasteiger partial charge in [-0.2, -0.15) is 0 Å². The van der Waals surface area contributed by atoms with Gasteiger partial charge in [0, 0.05) is 18.5 Å². The van der Waals surface area contributed by atoms with Crippen LogP contribution >= 0.6 is 11.3 Å². The van der Waals surface area contributed by atoms with E-state index >= 15 is 0 Å². The van der Waals surface area contributed by atoms with Gasteiger partial charge < -0.3 is 15.0 Å². The van der Waals surface area contributed by atoms with Crippen LogP contribution in [-0.4, -0.2) is 30.7 Å². The Morgan fingerprint density at radius 2 is 2.53 bits per heavy atom. The van der Waals surface area contributed by atoms with Gasteiger partial charge in [0.25, 0.3) is 0 Å². The highest BCUT2D eigenvalue weighted by Gasteiger charge is 2.03. The molecule has 5 N–H and O–H groups in total. The standard InChI is InChI=1S/C9H17N5O2S/c1-6(4-16-2)12-8(14-10)11-3-7-5-17-9(15)13-7/h5-6H,3-4,10H2,1-2H3,(H,13,15)(H2,11,12,14). The summed E-state index contributed by atoms with van der Waals surface area (Å²) in [6.45, 7) is 2.86. The van der Waals surface area contributed by atoms with Gasteiger partial charge in [-0.3, -0.25) is 10.2 Å². The summed E-state index contributed by atoms with van der Waals surface area (Å²) in [7, 11) is 1.63. The van der Waals surface area contributed by atoms with Crippen molar-refractivity contribution >= 4 is 17.3 Å². The van der Waals surface area contributed by atoms with E-state index in [4.69, 9.17) is 10.6 Å². The number of aromatic amines is 1. The molecule has 0 bridgehead atoms. The average molecular weight is 259 g/mol. The van der Waals surface area contributed by atoms with Crippen molar-refractivity contribution < 1.29 is 4.74 Å². The Kier molecular flexibility index (Phi) is 5.67. The Morgan fingerprint density at radius 1 is 1.76 bits per heavy atom. The summed E-state index contributed by atoms with van der Waals surface area (Å²) in [6.07, 6.45) is 0. The maximum absolute atomic E-state index is 10.9. The summed E-state index contributed by atoms with van der Waals surface area (Å²) in [5.74, 6) is 5.79. The second-order valence-electron chi connectivity index (χ2n) is 3.48. The second kappa shape index (κ2) is 7.05. The SMILES string of the molecule is COCC(C)NC(=NCc1csc(=O)[nH]1)NN. The molecule has 1 aromatic heterocycles. The molecule has 17 heavy (non-hydrogen) atoms.